The first-order valence-corrected chi connectivity index (χ1v) is 8.66. The van der Waals surface area contributed by atoms with Crippen LogP contribution in [0.5, 0.6) is 0 Å². The van der Waals surface area contributed by atoms with Gasteiger partial charge in [0.15, 0.2) is 0 Å². The molecule has 0 heterocycles. The van der Waals surface area contributed by atoms with Crippen molar-refractivity contribution in [1.29, 1.82) is 0 Å². The van der Waals surface area contributed by atoms with Crippen LogP contribution < -0.4 is 5.32 Å². The normalized spacial score (nSPS) is 14.6. The number of amides is 1. The molecule has 0 fully saturated rings. The van der Waals surface area contributed by atoms with Crippen LogP contribution in [-0.4, -0.2) is 45.3 Å². The lowest BCUT2D eigenvalue weighted by Crippen LogP contribution is -2.42. The predicted molar refractivity (Wildman–Crippen MR) is 89.6 cm³/mol. The average Bonchev–Trinajstić information content (AvgIpc) is 2.48. The van der Waals surface area contributed by atoms with E-state index in [1.54, 1.807) is 6.92 Å². The van der Waals surface area contributed by atoms with Gasteiger partial charge in [-0.05, 0) is 25.7 Å². The molecule has 7 nitrogen and oxygen atoms in total. The lowest BCUT2D eigenvalue weighted by atomic mass is 9.98. The zero-order chi connectivity index (χ0) is 18.5. The van der Waals surface area contributed by atoms with Crippen molar-refractivity contribution >= 4 is 17.8 Å². The average molecular weight is 345 g/mol. The maximum Gasteiger partial charge on any atom is 0.326 e. The van der Waals surface area contributed by atoms with Crippen molar-refractivity contribution in [2.24, 2.45) is 5.92 Å². The second-order valence-corrected chi connectivity index (χ2v) is 6.43. The number of rotatable bonds is 14. The minimum absolute atomic E-state index is 0.211. The molecule has 0 aliphatic rings. The van der Waals surface area contributed by atoms with Crippen LogP contribution in [0.4, 0.5) is 0 Å². The maximum atomic E-state index is 11.6. The number of carbonyl (C=O) groups is 3. The van der Waals surface area contributed by atoms with Gasteiger partial charge in [0.05, 0.1) is 12.5 Å². The number of nitrogens with one attached hydrogen (secondary N) is 1. The van der Waals surface area contributed by atoms with Crippen LogP contribution in [0.25, 0.3) is 0 Å². The van der Waals surface area contributed by atoms with Gasteiger partial charge < -0.3 is 20.6 Å². The molecule has 0 bridgehead atoms. The fraction of sp³-hybridized carbons (Fsp3) is 0.824. The van der Waals surface area contributed by atoms with Gasteiger partial charge in [-0.2, -0.15) is 0 Å². The number of hydrogen-bond acceptors (Lipinski definition) is 4. The largest absolute Gasteiger partial charge is 0.481 e. The molecule has 0 radical (unpaired) electrons. The summed E-state index contributed by atoms with van der Waals surface area (Å²) in [5.41, 5.74) is 0. The van der Waals surface area contributed by atoms with Gasteiger partial charge in [-0.1, -0.05) is 39.0 Å². The van der Waals surface area contributed by atoms with Gasteiger partial charge in [-0.3, -0.25) is 9.59 Å². The fourth-order valence-corrected chi connectivity index (χ4v) is 2.34. The third kappa shape index (κ3) is 11.9. The van der Waals surface area contributed by atoms with Gasteiger partial charge in [0.1, 0.15) is 6.04 Å². The summed E-state index contributed by atoms with van der Waals surface area (Å²) in [6, 6.07) is -1.37. The molecule has 1 amide bonds. The summed E-state index contributed by atoms with van der Waals surface area (Å²) in [5, 5.41) is 29.1. The van der Waals surface area contributed by atoms with Gasteiger partial charge in [-0.15, -0.1) is 0 Å². The van der Waals surface area contributed by atoms with Crippen LogP contribution in [0.3, 0.4) is 0 Å². The lowest BCUT2D eigenvalue weighted by molar-refractivity contribution is -0.147. The summed E-state index contributed by atoms with van der Waals surface area (Å²) < 4.78 is 0. The van der Waals surface area contributed by atoms with Crippen LogP contribution in [-0.2, 0) is 14.4 Å². The number of carbonyl (C=O) groups excluding carboxylic acids is 1. The summed E-state index contributed by atoms with van der Waals surface area (Å²) in [7, 11) is 0. The Balaban J connectivity index is 3.68. The summed E-state index contributed by atoms with van der Waals surface area (Å²) in [6.45, 7) is 3.85. The Morgan fingerprint density at radius 2 is 1.46 bits per heavy atom. The molecule has 0 saturated heterocycles. The second-order valence-electron chi connectivity index (χ2n) is 6.43. The van der Waals surface area contributed by atoms with Crippen molar-refractivity contribution in [3.63, 3.8) is 0 Å². The van der Waals surface area contributed by atoms with Crippen LogP contribution >= 0.6 is 0 Å². The third-order valence-corrected chi connectivity index (χ3v) is 4.15. The van der Waals surface area contributed by atoms with Gasteiger partial charge in [-0.25, -0.2) is 4.79 Å². The van der Waals surface area contributed by atoms with E-state index >= 15 is 0 Å². The molecule has 0 aliphatic carbocycles. The smallest absolute Gasteiger partial charge is 0.326 e. The standard InChI is InChI=1S/C17H31NO6/c1-12(13(2)19)9-7-5-3-4-6-8-10-15(20)18-14(17(23)24)11-16(21)22/h12-14,19H,3-11H2,1-2H3,(H,18,20)(H,21,22)(H,23,24). The maximum absolute atomic E-state index is 11.6. The first-order valence-electron chi connectivity index (χ1n) is 8.66. The molecule has 3 unspecified atom stereocenters. The molecule has 0 saturated carbocycles. The molecular weight excluding hydrogens is 314 g/mol. The van der Waals surface area contributed by atoms with E-state index in [1.807, 2.05) is 6.92 Å². The second kappa shape index (κ2) is 12.8. The summed E-state index contributed by atoms with van der Waals surface area (Å²) in [4.78, 5) is 33.0. The molecule has 0 aromatic carbocycles. The first kappa shape index (κ1) is 22.4. The highest BCUT2D eigenvalue weighted by Gasteiger charge is 2.22. The van der Waals surface area contributed by atoms with Crippen molar-refractivity contribution in [1.82, 2.24) is 5.32 Å². The molecule has 0 aliphatic heterocycles. The molecule has 4 N–H and O–H groups in total. The van der Waals surface area contributed by atoms with E-state index in [2.05, 4.69) is 5.32 Å². The minimum Gasteiger partial charge on any atom is -0.481 e. The third-order valence-electron chi connectivity index (χ3n) is 4.15. The Morgan fingerprint density at radius 1 is 0.917 bits per heavy atom. The molecule has 140 valence electrons. The van der Waals surface area contributed by atoms with E-state index in [9.17, 15) is 19.5 Å². The van der Waals surface area contributed by atoms with E-state index in [4.69, 9.17) is 10.2 Å². The number of aliphatic hydroxyl groups excluding tert-OH is 1. The van der Waals surface area contributed by atoms with Crippen LogP contribution in [0, 0.1) is 5.92 Å². The molecule has 0 rings (SSSR count). The highest BCUT2D eigenvalue weighted by Crippen LogP contribution is 2.15. The SMILES string of the molecule is CC(O)C(C)CCCCCCCCC(=O)NC(CC(=O)O)C(=O)O. The van der Waals surface area contributed by atoms with E-state index in [-0.39, 0.29) is 12.5 Å². The van der Waals surface area contributed by atoms with Crippen molar-refractivity contribution in [2.45, 2.75) is 83.8 Å². The van der Waals surface area contributed by atoms with Crippen molar-refractivity contribution in [2.75, 3.05) is 0 Å². The molecule has 3 atom stereocenters. The zero-order valence-corrected chi connectivity index (χ0v) is 14.7. The Morgan fingerprint density at radius 3 is 1.96 bits per heavy atom. The minimum atomic E-state index is -1.37. The number of carboxylic acids is 2. The van der Waals surface area contributed by atoms with Crippen LogP contribution in [0.15, 0.2) is 0 Å². The van der Waals surface area contributed by atoms with Gasteiger partial charge in [0.2, 0.25) is 5.91 Å². The zero-order valence-electron chi connectivity index (χ0n) is 14.7. The molecule has 0 aromatic heterocycles. The lowest BCUT2D eigenvalue weighted by Gasteiger charge is -2.13. The molecular formula is C17H31NO6. The topological polar surface area (TPSA) is 124 Å². The Kier molecular flexibility index (Phi) is 11.9. The highest BCUT2D eigenvalue weighted by molar-refractivity contribution is 5.86. The summed E-state index contributed by atoms with van der Waals surface area (Å²) >= 11 is 0. The summed E-state index contributed by atoms with van der Waals surface area (Å²) in [6.07, 6.45) is 6.16. The Hall–Kier alpha value is -1.63. The highest BCUT2D eigenvalue weighted by atomic mass is 16.4. The quantitative estimate of drug-likeness (QED) is 0.358. The van der Waals surface area contributed by atoms with Gasteiger partial charge >= 0.3 is 11.9 Å². The molecule has 0 aromatic rings. The monoisotopic (exact) mass is 345 g/mol. The van der Waals surface area contributed by atoms with E-state index in [0.29, 0.717) is 12.3 Å². The van der Waals surface area contributed by atoms with Gasteiger partial charge in [0, 0.05) is 6.42 Å². The van der Waals surface area contributed by atoms with E-state index in [1.165, 1.54) is 0 Å². The molecule has 0 spiro atoms. The van der Waals surface area contributed by atoms with Crippen LogP contribution in [0.1, 0.15) is 71.6 Å². The number of hydrogen-bond donors (Lipinski definition) is 4. The van der Waals surface area contributed by atoms with Gasteiger partial charge in [0.25, 0.3) is 0 Å². The molecule has 24 heavy (non-hydrogen) atoms. The fourth-order valence-electron chi connectivity index (χ4n) is 2.34. The molecule has 7 heteroatoms. The van der Waals surface area contributed by atoms with Crippen LogP contribution in [0.2, 0.25) is 0 Å². The number of unbranched alkanes of at least 4 members (excludes halogenated alkanes) is 5. The first-order chi connectivity index (χ1) is 11.2. The number of aliphatic carboxylic acids is 2. The van der Waals surface area contributed by atoms with Crippen molar-refractivity contribution < 1.29 is 29.7 Å². The van der Waals surface area contributed by atoms with E-state index in [0.717, 1.165) is 38.5 Å². The number of aliphatic hydroxyl groups is 1. The Labute approximate surface area is 143 Å². The van der Waals surface area contributed by atoms with Crippen molar-refractivity contribution in [3.8, 4) is 0 Å². The predicted octanol–water partition coefficient (Wildman–Crippen LogP) is 2.17. The Bertz CT molecular complexity index is 397. The van der Waals surface area contributed by atoms with E-state index < -0.39 is 30.3 Å². The van der Waals surface area contributed by atoms with Crippen molar-refractivity contribution in [3.05, 3.63) is 0 Å². The summed E-state index contributed by atoms with van der Waals surface area (Å²) in [5.74, 6) is -2.69. The number of carboxylic acid groups (broad SMARTS) is 2.